The zero-order valence-corrected chi connectivity index (χ0v) is 17.4. The van der Waals surface area contributed by atoms with Gasteiger partial charge in [0.25, 0.3) is 5.56 Å². The van der Waals surface area contributed by atoms with Crippen LogP contribution in [0.2, 0.25) is 0 Å². The number of amides is 1. The molecule has 1 heterocycles. The molecule has 0 radical (unpaired) electrons. The quantitative estimate of drug-likeness (QED) is 0.303. The lowest BCUT2D eigenvalue weighted by atomic mass is 10.0. The minimum Gasteiger partial charge on any atom is -0.448 e. The summed E-state index contributed by atoms with van der Waals surface area (Å²) < 4.78 is 5.69. The van der Waals surface area contributed by atoms with E-state index >= 15 is 0 Å². The van der Waals surface area contributed by atoms with Crippen molar-refractivity contribution in [3.05, 3.63) is 88.7 Å². The second kappa shape index (κ2) is 9.95. The van der Waals surface area contributed by atoms with Crippen molar-refractivity contribution >= 4 is 23.1 Å². The third-order valence-electron chi connectivity index (χ3n) is 4.55. The third kappa shape index (κ3) is 5.12. The van der Waals surface area contributed by atoms with Crippen LogP contribution in [0.3, 0.4) is 0 Å². The van der Waals surface area contributed by atoms with E-state index < -0.39 is 5.56 Å². The van der Waals surface area contributed by atoms with Crippen molar-refractivity contribution in [3.63, 3.8) is 0 Å². The maximum atomic E-state index is 12.4. The number of nitrogens with one attached hydrogen (secondary N) is 3. The van der Waals surface area contributed by atoms with Crippen LogP contribution in [0.15, 0.2) is 59.9 Å². The van der Waals surface area contributed by atoms with Crippen LogP contribution in [0, 0.1) is 17.5 Å². The van der Waals surface area contributed by atoms with Crippen molar-refractivity contribution in [3.8, 4) is 11.5 Å². The number of H-pyrrole nitrogens is 1. The molecule has 0 unspecified atom stereocenters. The Bertz CT molecular complexity index is 1170. The standard InChI is InChI=1S/C23H22N6O3/c1-3-18(30)29(2)14-13-26-21-19(22(25)27-28-23(21)31)20(24)15-9-11-17(12-10-15)32-16-7-5-4-6-8-16/h3-5,7,9-12,24H,1,13-14H2,2H3,(H,28,31)(H3,25,26,27). The Labute approximate surface area is 185 Å². The van der Waals surface area contributed by atoms with E-state index in [1.807, 2.05) is 0 Å². The van der Waals surface area contributed by atoms with Gasteiger partial charge in [-0.1, -0.05) is 12.6 Å². The highest BCUT2D eigenvalue weighted by Crippen LogP contribution is 2.23. The highest BCUT2D eigenvalue weighted by molar-refractivity contribution is 6.16. The number of nitrogens with zero attached hydrogens (tertiary/aromatic N) is 2. The van der Waals surface area contributed by atoms with Gasteiger partial charge in [-0.05, 0) is 54.6 Å². The molecule has 162 valence electrons. The molecule has 0 saturated carbocycles. The second-order valence-corrected chi connectivity index (χ2v) is 6.74. The van der Waals surface area contributed by atoms with E-state index in [1.54, 1.807) is 49.5 Å². The van der Waals surface area contributed by atoms with Gasteiger partial charge in [0.1, 0.15) is 11.4 Å². The van der Waals surface area contributed by atoms with Gasteiger partial charge < -0.3 is 20.7 Å². The van der Waals surface area contributed by atoms with Gasteiger partial charge in [-0.15, -0.1) is 0 Å². The van der Waals surface area contributed by atoms with E-state index in [9.17, 15) is 9.59 Å². The fourth-order valence-corrected chi connectivity index (χ4v) is 2.86. The minimum atomic E-state index is -0.521. The molecule has 0 aliphatic carbocycles. The first kappa shape index (κ1) is 22.1. The fraction of sp³-hybridized carbons (Fsp3) is 0.130. The van der Waals surface area contributed by atoms with Crippen molar-refractivity contribution in [1.82, 2.24) is 15.1 Å². The lowest BCUT2D eigenvalue weighted by Gasteiger charge is -2.17. The Balaban J connectivity index is 1.80. The molecule has 9 nitrogen and oxygen atoms in total. The Morgan fingerprint density at radius 2 is 2.12 bits per heavy atom. The maximum Gasteiger partial charge on any atom is 0.288 e. The molecule has 9 heteroatoms. The topological polar surface area (TPSA) is 137 Å². The summed E-state index contributed by atoms with van der Waals surface area (Å²) in [6.07, 6.45) is 1.21. The summed E-state index contributed by atoms with van der Waals surface area (Å²) >= 11 is 0. The van der Waals surface area contributed by atoms with Crippen molar-refractivity contribution in [2.24, 2.45) is 0 Å². The Kier molecular flexibility index (Phi) is 6.88. The summed E-state index contributed by atoms with van der Waals surface area (Å²) in [4.78, 5) is 25.5. The molecule has 0 spiro atoms. The van der Waals surface area contributed by atoms with Crippen LogP contribution in [0.1, 0.15) is 11.1 Å². The molecule has 0 aliphatic heterocycles. The summed E-state index contributed by atoms with van der Waals surface area (Å²) in [5.41, 5.74) is 6.28. The number of benzene rings is 1. The fourth-order valence-electron chi connectivity index (χ4n) is 2.86. The first-order valence-corrected chi connectivity index (χ1v) is 9.66. The molecule has 1 aromatic heterocycles. The molecule has 1 amide bonds. The molecule has 3 aromatic rings. The van der Waals surface area contributed by atoms with Crippen LogP contribution >= 0.6 is 0 Å². The van der Waals surface area contributed by atoms with Crippen LogP contribution in [-0.4, -0.2) is 46.9 Å². The average Bonchev–Trinajstić information content (AvgIpc) is 2.81. The first-order chi connectivity index (χ1) is 15.4. The monoisotopic (exact) mass is 430 g/mol. The van der Waals surface area contributed by atoms with Crippen molar-refractivity contribution in [1.29, 1.82) is 5.41 Å². The summed E-state index contributed by atoms with van der Waals surface area (Å²) in [7, 11) is 1.62. The molecule has 2 aromatic carbocycles. The summed E-state index contributed by atoms with van der Waals surface area (Å²) in [5, 5.41) is 17.7. The predicted octanol–water partition coefficient (Wildman–Crippen LogP) is 2.22. The smallest absolute Gasteiger partial charge is 0.288 e. The lowest BCUT2D eigenvalue weighted by Crippen LogP contribution is -2.31. The molecular weight excluding hydrogens is 408 g/mol. The molecule has 0 fully saturated rings. The van der Waals surface area contributed by atoms with Crippen LogP contribution in [-0.2, 0) is 4.79 Å². The number of anilines is 2. The van der Waals surface area contributed by atoms with Gasteiger partial charge in [-0.2, -0.15) is 5.10 Å². The van der Waals surface area contributed by atoms with Gasteiger partial charge in [0.2, 0.25) is 5.91 Å². The normalized spacial score (nSPS) is 10.0. The zero-order valence-electron chi connectivity index (χ0n) is 17.4. The second-order valence-electron chi connectivity index (χ2n) is 6.74. The SMILES string of the molecule is C=CC(=O)N(C)CCNc1c(C(=N)c2ccc(Oc3c#cccc3)cc2)c(N)n[nH]c1=O. The van der Waals surface area contributed by atoms with E-state index in [2.05, 4.69) is 34.2 Å². The van der Waals surface area contributed by atoms with E-state index in [1.165, 1.54) is 11.0 Å². The van der Waals surface area contributed by atoms with Gasteiger partial charge in [-0.3, -0.25) is 15.0 Å². The molecule has 0 saturated heterocycles. The molecule has 3 rings (SSSR count). The van der Waals surface area contributed by atoms with Crippen LogP contribution in [0.4, 0.5) is 11.5 Å². The third-order valence-corrected chi connectivity index (χ3v) is 4.55. The van der Waals surface area contributed by atoms with Crippen LogP contribution in [0.25, 0.3) is 0 Å². The molecule has 0 bridgehead atoms. The molecular formula is C23H22N6O3. The molecule has 5 N–H and O–H groups in total. The number of aromatic amines is 1. The average molecular weight is 430 g/mol. The minimum absolute atomic E-state index is 0.00220. The number of hydrogen-bond donors (Lipinski definition) is 4. The van der Waals surface area contributed by atoms with E-state index in [4.69, 9.17) is 15.9 Å². The number of aromatic nitrogens is 2. The number of carbonyl (C=O) groups is 1. The van der Waals surface area contributed by atoms with E-state index in [0.29, 0.717) is 23.6 Å². The number of ether oxygens (including phenoxy) is 1. The highest BCUT2D eigenvalue weighted by atomic mass is 16.5. The Hall–Kier alpha value is -4.58. The number of nitrogen functional groups attached to an aromatic ring is 1. The number of hydrogen-bond acceptors (Lipinski definition) is 7. The number of nitrogens with two attached hydrogens (primary N) is 1. The van der Waals surface area contributed by atoms with Gasteiger partial charge >= 0.3 is 0 Å². The Morgan fingerprint density at radius 3 is 2.78 bits per heavy atom. The number of likely N-dealkylation sites (N-methyl/N-ethyl adjacent to an activating group) is 1. The zero-order chi connectivity index (χ0) is 23.1. The van der Waals surface area contributed by atoms with E-state index in [0.717, 1.165) is 0 Å². The summed E-state index contributed by atoms with van der Waals surface area (Å²) in [6, 6.07) is 17.7. The number of rotatable bonds is 9. The van der Waals surface area contributed by atoms with Gasteiger partial charge in [0.15, 0.2) is 11.6 Å². The Morgan fingerprint density at radius 1 is 1.38 bits per heavy atom. The van der Waals surface area contributed by atoms with Crippen molar-refractivity contribution < 1.29 is 9.53 Å². The van der Waals surface area contributed by atoms with Gasteiger partial charge in [-0.25, -0.2) is 5.10 Å². The van der Waals surface area contributed by atoms with Gasteiger partial charge in [0, 0.05) is 25.7 Å². The summed E-state index contributed by atoms with van der Waals surface area (Å²) in [6.45, 7) is 4.03. The predicted molar refractivity (Wildman–Crippen MR) is 122 cm³/mol. The highest BCUT2D eigenvalue weighted by Gasteiger charge is 2.18. The molecule has 32 heavy (non-hydrogen) atoms. The van der Waals surface area contributed by atoms with Crippen molar-refractivity contribution in [2.75, 3.05) is 31.2 Å². The number of carbonyl (C=O) groups excluding carboxylic acids is 1. The largest absolute Gasteiger partial charge is 0.448 e. The molecule has 0 aliphatic rings. The molecule has 0 atom stereocenters. The van der Waals surface area contributed by atoms with Gasteiger partial charge in [0.05, 0.1) is 11.3 Å². The van der Waals surface area contributed by atoms with Crippen LogP contribution < -0.4 is 21.3 Å². The summed E-state index contributed by atoms with van der Waals surface area (Å²) in [5.74, 6) is 0.839. The van der Waals surface area contributed by atoms with E-state index in [-0.39, 0.29) is 35.2 Å². The van der Waals surface area contributed by atoms with Crippen molar-refractivity contribution in [2.45, 2.75) is 0 Å². The van der Waals surface area contributed by atoms with Crippen LogP contribution in [0.5, 0.6) is 11.5 Å². The lowest BCUT2D eigenvalue weighted by molar-refractivity contribution is -0.124. The maximum absolute atomic E-state index is 12.4. The first-order valence-electron chi connectivity index (χ1n) is 9.66.